The Morgan fingerprint density at radius 3 is 2.48 bits per heavy atom. The highest BCUT2D eigenvalue weighted by atomic mass is 32.2. The Morgan fingerprint density at radius 2 is 1.81 bits per heavy atom. The van der Waals surface area contributed by atoms with E-state index in [2.05, 4.69) is 15.0 Å². The van der Waals surface area contributed by atoms with E-state index in [0.717, 1.165) is 5.69 Å². The summed E-state index contributed by atoms with van der Waals surface area (Å²) in [7, 11) is 1.64. The van der Waals surface area contributed by atoms with Crippen LogP contribution in [0.3, 0.4) is 0 Å². The Morgan fingerprint density at radius 1 is 1.10 bits per heavy atom. The van der Waals surface area contributed by atoms with Gasteiger partial charge in [0.15, 0.2) is 0 Å². The summed E-state index contributed by atoms with van der Waals surface area (Å²) in [6.07, 6.45) is 1.54. The molecule has 0 saturated carbocycles. The van der Waals surface area contributed by atoms with Crippen molar-refractivity contribution in [1.82, 2.24) is 4.98 Å². The molecule has 0 spiro atoms. The largest absolute Gasteiger partial charge is 0.376 e. The monoisotopic (exact) mass is 306 g/mol. The fourth-order valence-corrected chi connectivity index (χ4v) is 3.18. The van der Waals surface area contributed by atoms with Crippen LogP contribution >= 0.6 is 0 Å². The van der Waals surface area contributed by atoms with E-state index in [-0.39, 0.29) is 4.90 Å². The van der Waals surface area contributed by atoms with Gasteiger partial charge in [0.2, 0.25) is 0 Å². The number of hydrogen-bond donors (Lipinski definition) is 2. The van der Waals surface area contributed by atoms with Gasteiger partial charge >= 0.3 is 0 Å². The van der Waals surface area contributed by atoms with Crippen molar-refractivity contribution in [1.29, 1.82) is 0 Å². The second-order valence-electron chi connectivity index (χ2n) is 4.62. The maximum atomic E-state index is 12.5. The van der Waals surface area contributed by atoms with Crippen molar-refractivity contribution >= 4 is 27.2 Å². The Balaban J connectivity index is 2.43. The number of nitrogens with one attached hydrogen (secondary N) is 2. The maximum Gasteiger partial charge on any atom is 0.265 e. The zero-order valence-corrected chi connectivity index (χ0v) is 13.0. The number of anilines is 3. The highest BCUT2D eigenvalue weighted by Crippen LogP contribution is 2.27. The number of rotatable bonds is 5. The number of benzene rings is 1. The van der Waals surface area contributed by atoms with Crippen LogP contribution in [0.5, 0.6) is 0 Å². The molecule has 2 aromatic rings. The minimum atomic E-state index is -3.71. The summed E-state index contributed by atoms with van der Waals surface area (Å²) in [4.78, 5) is 5.98. The first kappa shape index (κ1) is 15.1. The lowest BCUT2D eigenvalue weighted by Gasteiger charge is -2.18. The molecule has 7 heteroatoms. The summed E-state index contributed by atoms with van der Waals surface area (Å²) in [5, 5.41) is 2.78. The van der Waals surface area contributed by atoms with Gasteiger partial charge in [0.1, 0.15) is 10.7 Å². The van der Waals surface area contributed by atoms with Crippen LogP contribution in [0.4, 0.5) is 17.2 Å². The van der Waals surface area contributed by atoms with E-state index < -0.39 is 10.0 Å². The number of para-hydroxylation sites is 2. The lowest BCUT2D eigenvalue weighted by molar-refractivity contribution is 0.601. The quantitative estimate of drug-likeness (QED) is 0.883. The predicted octanol–water partition coefficient (Wildman–Crippen LogP) is 1.99. The standard InChI is InChI=1S/C14H18N4O2S/c1-15-14-13(9-6-10-16-14)21(19,20)17-11-7-4-5-8-12(11)18(2)3/h4-10,17H,1-3H3,(H,15,16). The zero-order valence-electron chi connectivity index (χ0n) is 12.2. The number of sulfonamides is 1. The van der Waals surface area contributed by atoms with Gasteiger partial charge in [0.25, 0.3) is 10.0 Å². The van der Waals surface area contributed by atoms with Crippen molar-refractivity contribution in [3.8, 4) is 0 Å². The van der Waals surface area contributed by atoms with E-state index in [9.17, 15) is 8.42 Å². The van der Waals surface area contributed by atoms with E-state index in [1.165, 1.54) is 6.07 Å². The smallest absolute Gasteiger partial charge is 0.265 e. The van der Waals surface area contributed by atoms with Crippen molar-refractivity contribution in [2.45, 2.75) is 4.90 Å². The summed E-state index contributed by atoms with van der Waals surface area (Å²) < 4.78 is 27.7. The van der Waals surface area contributed by atoms with Gasteiger partial charge < -0.3 is 10.2 Å². The summed E-state index contributed by atoms with van der Waals surface area (Å²) >= 11 is 0. The third-order valence-corrected chi connectivity index (χ3v) is 4.32. The molecule has 0 aliphatic rings. The molecule has 0 fully saturated rings. The first-order chi connectivity index (χ1) is 9.95. The van der Waals surface area contributed by atoms with E-state index in [0.29, 0.717) is 11.5 Å². The Hall–Kier alpha value is -2.28. The molecule has 0 aliphatic carbocycles. The van der Waals surface area contributed by atoms with Crippen LogP contribution in [-0.4, -0.2) is 34.5 Å². The second-order valence-corrected chi connectivity index (χ2v) is 6.27. The summed E-state index contributed by atoms with van der Waals surface area (Å²) in [6, 6.07) is 10.3. The van der Waals surface area contributed by atoms with Crippen LogP contribution in [0.15, 0.2) is 47.5 Å². The molecule has 0 amide bonds. The second kappa shape index (κ2) is 6.01. The van der Waals surface area contributed by atoms with Gasteiger partial charge in [-0.1, -0.05) is 12.1 Å². The van der Waals surface area contributed by atoms with Crippen molar-refractivity contribution in [3.63, 3.8) is 0 Å². The molecule has 1 aromatic heterocycles. The minimum absolute atomic E-state index is 0.112. The molecule has 6 nitrogen and oxygen atoms in total. The van der Waals surface area contributed by atoms with Gasteiger partial charge in [-0.2, -0.15) is 0 Å². The number of hydrogen-bond acceptors (Lipinski definition) is 5. The maximum absolute atomic E-state index is 12.5. The number of aromatic nitrogens is 1. The zero-order chi connectivity index (χ0) is 15.5. The third kappa shape index (κ3) is 3.25. The molecule has 0 atom stereocenters. The van der Waals surface area contributed by atoms with Gasteiger partial charge in [-0.05, 0) is 24.3 Å². The Kier molecular flexibility index (Phi) is 4.32. The molecule has 1 aromatic carbocycles. The van der Waals surface area contributed by atoms with Crippen molar-refractivity contribution in [3.05, 3.63) is 42.6 Å². The topological polar surface area (TPSA) is 74.3 Å². The van der Waals surface area contributed by atoms with E-state index >= 15 is 0 Å². The first-order valence-corrected chi connectivity index (χ1v) is 7.86. The summed E-state index contributed by atoms with van der Waals surface area (Å²) in [5.74, 6) is 0.312. The highest BCUT2D eigenvalue weighted by molar-refractivity contribution is 7.92. The lowest BCUT2D eigenvalue weighted by atomic mass is 10.2. The van der Waals surface area contributed by atoms with Gasteiger partial charge in [-0.25, -0.2) is 13.4 Å². The van der Waals surface area contributed by atoms with E-state index in [4.69, 9.17) is 0 Å². The molecule has 2 rings (SSSR count). The molecule has 21 heavy (non-hydrogen) atoms. The molecule has 0 unspecified atom stereocenters. The molecule has 1 heterocycles. The van der Waals surface area contributed by atoms with Crippen LogP contribution in [0.2, 0.25) is 0 Å². The van der Waals surface area contributed by atoms with Gasteiger partial charge in [-0.15, -0.1) is 0 Å². The minimum Gasteiger partial charge on any atom is -0.376 e. The number of pyridine rings is 1. The average molecular weight is 306 g/mol. The molecule has 2 N–H and O–H groups in total. The van der Waals surface area contributed by atoms with Crippen LogP contribution < -0.4 is 14.9 Å². The lowest BCUT2D eigenvalue weighted by Crippen LogP contribution is -2.18. The molecule has 0 bridgehead atoms. The van der Waals surface area contributed by atoms with Crippen LogP contribution in [0.1, 0.15) is 0 Å². The fourth-order valence-electron chi connectivity index (χ4n) is 1.94. The fraction of sp³-hybridized carbons (Fsp3) is 0.214. The van der Waals surface area contributed by atoms with Crippen molar-refractivity contribution < 1.29 is 8.42 Å². The highest BCUT2D eigenvalue weighted by Gasteiger charge is 2.20. The van der Waals surface area contributed by atoms with Gasteiger partial charge in [0.05, 0.1) is 11.4 Å². The molecule has 0 saturated heterocycles. The van der Waals surface area contributed by atoms with Gasteiger partial charge in [-0.3, -0.25) is 4.72 Å². The Bertz CT molecular complexity index is 729. The molecule has 0 radical (unpaired) electrons. The first-order valence-electron chi connectivity index (χ1n) is 6.37. The molecular formula is C14H18N4O2S. The van der Waals surface area contributed by atoms with Crippen LogP contribution in [0, 0.1) is 0 Å². The predicted molar refractivity (Wildman–Crippen MR) is 85.4 cm³/mol. The van der Waals surface area contributed by atoms with Crippen molar-refractivity contribution in [2.24, 2.45) is 0 Å². The van der Waals surface area contributed by atoms with Crippen LogP contribution in [-0.2, 0) is 10.0 Å². The van der Waals surface area contributed by atoms with Crippen LogP contribution in [0.25, 0.3) is 0 Å². The molecular weight excluding hydrogens is 288 g/mol. The SMILES string of the molecule is CNc1ncccc1S(=O)(=O)Nc1ccccc1N(C)C. The normalized spacial score (nSPS) is 11.0. The Labute approximate surface area is 124 Å². The molecule has 112 valence electrons. The van der Waals surface area contributed by atoms with E-state index in [1.807, 2.05) is 31.1 Å². The summed E-state index contributed by atoms with van der Waals surface area (Å²) in [6.45, 7) is 0. The number of nitrogens with zero attached hydrogens (tertiary/aromatic N) is 2. The summed E-state index contributed by atoms with van der Waals surface area (Å²) in [5.41, 5.74) is 1.31. The average Bonchev–Trinajstić information content (AvgIpc) is 2.47. The van der Waals surface area contributed by atoms with Crippen molar-refractivity contribution in [2.75, 3.05) is 36.1 Å². The van der Waals surface area contributed by atoms with E-state index in [1.54, 1.807) is 31.4 Å². The third-order valence-electron chi connectivity index (χ3n) is 2.93. The molecule has 0 aliphatic heterocycles. The van der Waals surface area contributed by atoms with Gasteiger partial charge in [0, 0.05) is 27.3 Å².